The van der Waals surface area contributed by atoms with Crippen molar-refractivity contribution in [3.8, 4) is 0 Å². The molecule has 0 aliphatic heterocycles. The van der Waals surface area contributed by atoms with Gasteiger partial charge < -0.3 is 5.32 Å². The largest absolute Gasteiger partial charge is 0.417 e. The number of carbonyl (C=O) groups is 1. The first kappa shape index (κ1) is 22.6. The van der Waals surface area contributed by atoms with E-state index in [1.807, 2.05) is 0 Å². The molecule has 2 N–H and O–H groups in total. The molecule has 0 saturated carbocycles. The molecule has 9 heteroatoms. The summed E-state index contributed by atoms with van der Waals surface area (Å²) in [5.41, 5.74) is -2.22. The smallest absolute Gasteiger partial charge is 0.321 e. The van der Waals surface area contributed by atoms with Crippen molar-refractivity contribution in [1.82, 2.24) is 4.72 Å². The molecule has 1 amide bonds. The minimum atomic E-state index is -4.77. The summed E-state index contributed by atoms with van der Waals surface area (Å²) < 4.78 is 67.8. The molecule has 0 saturated heterocycles. The molecule has 0 aliphatic carbocycles. The lowest BCUT2D eigenvalue weighted by Crippen LogP contribution is -2.40. The predicted octanol–water partition coefficient (Wildman–Crippen LogP) is 4.35. The van der Waals surface area contributed by atoms with Crippen LogP contribution in [0.25, 0.3) is 5.57 Å². The van der Waals surface area contributed by atoms with E-state index in [1.54, 1.807) is 26.8 Å². The summed E-state index contributed by atoms with van der Waals surface area (Å²) in [4.78, 5) is 12.1. The van der Waals surface area contributed by atoms with E-state index in [9.17, 15) is 26.4 Å². The number of anilines is 1. The van der Waals surface area contributed by atoms with E-state index in [1.165, 1.54) is 48.5 Å². The lowest BCUT2D eigenvalue weighted by atomic mass is 10.1. The quantitative estimate of drug-likeness (QED) is 0.698. The number of hydrogen-bond donors (Lipinski definition) is 2. The number of allylic oxidation sites excluding steroid dienone is 1. The fourth-order valence-electron chi connectivity index (χ4n) is 2.51. The van der Waals surface area contributed by atoms with E-state index in [2.05, 4.69) is 10.0 Å². The normalized spacial score (nSPS) is 13.2. The Bertz CT molecular complexity index is 1010. The number of benzene rings is 2. The van der Waals surface area contributed by atoms with Gasteiger partial charge in [0, 0.05) is 11.6 Å². The summed E-state index contributed by atoms with van der Waals surface area (Å²) in [6.07, 6.45) is -4.35. The number of hydrogen-bond acceptors (Lipinski definition) is 3. The van der Waals surface area contributed by atoms with Gasteiger partial charge in [-0.1, -0.05) is 42.5 Å². The van der Waals surface area contributed by atoms with Crippen LogP contribution in [0.3, 0.4) is 0 Å². The number of nitrogens with one attached hydrogen (secondary N) is 2. The van der Waals surface area contributed by atoms with Gasteiger partial charge in [-0.15, -0.1) is 0 Å². The van der Waals surface area contributed by atoms with Gasteiger partial charge in [0.2, 0.25) is 15.9 Å². The molecule has 0 bridgehead atoms. The molecule has 0 atom stereocenters. The fourth-order valence-corrected chi connectivity index (χ4v) is 4.09. The monoisotopic (exact) mass is 426 g/mol. The first-order valence-electron chi connectivity index (χ1n) is 8.58. The lowest BCUT2D eigenvalue weighted by Gasteiger charge is -2.21. The highest BCUT2D eigenvalue weighted by molar-refractivity contribution is 7.89. The fraction of sp³-hybridized carbons (Fsp3) is 0.250. The third kappa shape index (κ3) is 6.43. The Morgan fingerprint density at radius 3 is 2.03 bits per heavy atom. The van der Waals surface area contributed by atoms with E-state index in [0.717, 1.165) is 0 Å². The van der Waals surface area contributed by atoms with Crippen LogP contribution in [-0.4, -0.2) is 26.0 Å². The average Bonchev–Trinajstić information content (AvgIpc) is 2.58. The highest BCUT2D eigenvalue weighted by Crippen LogP contribution is 2.34. The summed E-state index contributed by atoms with van der Waals surface area (Å²) in [6.45, 7) is 4.93. The van der Waals surface area contributed by atoms with Gasteiger partial charge >= 0.3 is 6.18 Å². The van der Waals surface area contributed by atoms with Crippen LogP contribution in [0.1, 0.15) is 26.3 Å². The minimum absolute atomic E-state index is 0.125. The molecular formula is C20H21F3N2O3S. The highest BCUT2D eigenvalue weighted by Gasteiger charge is 2.35. The maximum atomic E-state index is 13.4. The molecule has 5 nitrogen and oxygen atoms in total. The van der Waals surface area contributed by atoms with Crippen molar-refractivity contribution >= 4 is 27.2 Å². The highest BCUT2D eigenvalue weighted by atomic mass is 32.2. The Morgan fingerprint density at radius 1 is 0.931 bits per heavy atom. The van der Waals surface area contributed by atoms with Crippen molar-refractivity contribution in [3.63, 3.8) is 0 Å². The maximum Gasteiger partial charge on any atom is 0.417 e. The molecule has 29 heavy (non-hydrogen) atoms. The average molecular weight is 426 g/mol. The zero-order valence-electron chi connectivity index (χ0n) is 16.0. The second-order valence-electron chi connectivity index (χ2n) is 7.26. The molecule has 2 rings (SSSR count). The van der Waals surface area contributed by atoms with Gasteiger partial charge in [-0.3, -0.25) is 4.79 Å². The van der Waals surface area contributed by atoms with Crippen LogP contribution >= 0.6 is 0 Å². The molecule has 0 heterocycles. The SMILES string of the molecule is CC(C)(C)NS(=O)(=O)c1ccccc1NC(=O)/C=C(/c1ccccc1)C(F)(F)F. The molecule has 0 unspecified atom stereocenters. The van der Waals surface area contributed by atoms with E-state index in [4.69, 9.17) is 0 Å². The van der Waals surface area contributed by atoms with Crippen molar-refractivity contribution < 1.29 is 26.4 Å². The molecule has 0 radical (unpaired) electrons. The van der Waals surface area contributed by atoms with Crippen LogP contribution in [0.15, 0.2) is 65.6 Å². The number of sulfonamides is 1. The van der Waals surface area contributed by atoms with Gasteiger partial charge in [-0.05, 0) is 38.5 Å². The van der Waals surface area contributed by atoms with Crippen LogP contribution in [0.5, 0.6) is 0 Å². The lowest BCUT2D eigenvalue weighted by molar-refractivity contribution is -0.112. The number of rotatable bonds is 5. The Balaban J connectivity index is 2.40. The van der Waals surface area contributed by atoms with Crippen LogP contribution in [0.2, 0.25) is 0 Å². The summed E-state index contributed by atoms with van der Waals surface area (Å²) in [5.74, 6) is -1.10. The summed E-state index contributed by atoms with van der Waals surface area (Å²) in [5, 5.41) is 2.24. The van der Waals surface area contributed by atoms with Gasteiger partial charge in [-0.2, -0.15) is 13.2 Å². The summed E-state index contributed by atoms with van der Waals surface area (Å²) in [6, 6.07) is 12.4. The second-order valence-corrected chi connectivity index (χ2v) is 8.91. The van der Waals surface area contributed by atoms with Gasteiger partial charge in [0.15, 0.2) is 0 Å². The Hall–Kier alpha value is -2.65. The molecule has 2 aromatic rings. The first-order valence-corrected chi connectivity index (χ1v) is 10.1. The zero-order chi connectivity index (χ0) is 21.9. The molecule has 0 aromatic heterocycles. The first-order chi connectivity index (χ1) is 13.3. The molecule has 0 fully saturated rings. The molecular weight excluding hydrogens is 405 g/mol. The minimum Gasteiger partial charge on any atom is -0.321 e. The maximum absolute atomic E-state index is 13.4. The summed E-state index contributed by atoms with van der Waals surface area (Å²) in [7, 11) is -4.01. The second kappa shape index (κ2) is 8.38. The number of para-hydroxylation sites is 1. The molecule has 0 aliphatic rings. The number of alkyl halides is 3. The third-order valence-electron chi connectivity index (χ3n) is 3.54. The number of amides is 1. The van der Waals surface area contributed by atoms with Crippen LogP contribution < -0.4 is 10.0 Å². The van der Waals surface area contributed by atoms with Gasteiger partial charge in [-0.25, -0.2) is 13.1 Å². The van der Waals surface area contributed by atoms with Crippen molar-refractivity contribution in [1.29, 1.82) is 0 Å². The van der Waals surface area contributed by atoms with Gasteiger partial charge in [0.05, 0.1) is 11.3 Å². The molecule has 2 aromatic carbocycles. The van der Waals surface area contributed by atoms with E-state index < -0.39 is 33.2 Å². The predicted molar refractivity (Wildman–Crippen MR) is 106 cm³/mol. The zero-order valence-corrected chi connectivity index (χ0v) is 16.9. The third-order valence-corrected chi connectivity index (χ3v) is 5.36. The van der Waals surface area contributed by atoms with Crippen LogP contribution in [-0.2, 0) is 14.8 Å². The van der Waals surface area contributed by atoms with Crippen molar-refractivity contribution in [2.75, 3.05) is 5.32 Å². The Labute approximate surface area is 167 Å². The van der Waals surface area contributed by atoms with Crippen molar-refractivity contribution in [2.24, 2.45) is 0 Å². The van der Waals surface area contributed by atoms with E-state index in [0.29, 0.717) is 6.08 Å². The van der Waals surface area contributed by atoms with E-state index in [-0.39, 0.29) is 16.1 Å². The van der Waals surface area contributed by atoms with Crippen molar-refractivity contribution in [3.05, 3.63) is 66.2 Å². The number of carbonyl (C=O) groups excluding carboxylic acids is 1. The molecule has 156 valence electrons. The standard InChI is InChI=1S/C20H21F3N2O3S/c1-19(2,3)25-29(27,28)17-12-8-7-11-16(17)24-18(26)13-15(20(21,22)23)14-9-5-4-6-10-14/h4-13,25H,1-3H3,(H,24,26)/b15-13-. The van der Waals surface area contributed by atoms with Crippen LogP contribution in [0, 0.1) is 0 Å². The van der Waals surface area contributed by atoms with E-state index >= 15 is 0 Å². The Kier molecular flexibility index (Phi) is 6.54. The summed E-state index contributed by atoms with van der Waals surface area (Å²) >= 11 is 0. The number of halogens is 3. The van der Waals surface area contributed by atoms with Crippen LogP contribution in [0.4, 0.5) is 18.9 Å². The van der Waals surface area contributed by atoms with Crippen molar-refractivity contribution in [2.45, 2.75) is 37.4 Å². The topological polar surface area (TPSA) is 75.3 Å². The Morgan fingerprint density at radius 2 is 1.48 bits per heavy atom. The van der Waals surface area contributed by atoms with Gasteiger partial charge in [0.25, 0.3) is 0 Å². The molecule has 0 spiro atoms. The van der Waals surface area contributed by atoms with Gasteiger partial charge in [0.1, 0.15) is 4.90 Å².